The zero-order valence-corrected chi connectivity index (χ0v) is 14.9. The largest absolute Gasteiger partial charge is 0.467 e. The predicted octanol–water partition coefficient (Wildman–Crippen LogP) is 4.90. The van der Waals surface area contributed by atoms with Gasteiger partial charge in [0.05, 0.1) is 5.56 Å². The zero-order chi connectivity index (χ0) is 18.4. The molecule has 0 unspecified atom stereocenters. The lowest BCUT2D eigenvalue weighted by molar-refractivity contribution is 0.0503. The number of ether oxygens (including phenoxy) is 2. The number of hydrogen-bond acceptors (Lipinski definition) is 3. The fraction of sp³-hybridized carbons (Fsp3) is 0.136. The quantitative estimate of drug-likeness (QED) is 0.645. The first-order chi connectivity index (χ1) is 12.7. The Hall–Kier alpha value is -3.11. The van der Waals surface area contributed by atoms with Gasteiger partial charge in [0.2, 0.25) is 0 Å². The number of methoxy groups -OCH3 is 1. The van der Waals surface area contributed by atoms with Crippen molar-refractivity contribution in [3.63, 3.8) is 0 Å². The summed E-state index contributed by atoms with van der Waals surface area (Å²) >= 11 is 0. The normalized spacial score (nSPS) is 10.4. The van der Waals surface area contributed by atoms with E-state index in [2.05, 4.69) is 5.32 Å². The average molecular weight is 347 g/mol. The maximum Gasteiger partial charge on any atom is 0.259 e. The molecule has 1 N–H and O–H groups in total. The van der Waals surface area contributed by atoms with Gasteiger partial charge in [-0.25, -0.2) is 0 Å². The highest BCUT2D eigenvalue weighted by Crippen LogP contribution is 2.25. The van der Waals surface area contributed by atoms with Crippen LogP contribution in [0.2, 0.25) is 0 Å². The maximum atomic E-state index is 12.8. The summed E-state index contributed by atoms with van der Waals surface area (Å²) < 4.78 is 10.4. The van der Waals surface area contributed by atoms with Crippen molar-refractivity contribution >= 4 is 11.6 Å². The van der Waals surface area contributed by atoms with E-state index in [1.54, 1.807) is 19.2 Å². The molecule has 0 aliphatic carbocycles. The summed E-state index contributed by atoms with van der Waals surface area (Å²) in [4.78, 5) is 12.8. The molecule has 0 atom stereocenters. The Balaban J connectivity index is 1.83. The highest BCUT2D eigenvalue weighted by Gasteiger charge is 2.14. The third-order valence-corrected chi connectivity index (χ3v) is 3.94. The lowest BCUT2D eigenvalue weighted by Crippen LogP contribution is -2.14. The summed E-state index contributed by atoms with van der Waals surface area (Å²) in [5, 5.41) is 2.95. The average Bonchev–Trinajstić information content (AvgIpc) is 2.68. The van der Waals surface area contributed by atoms with Crippen LogP contribution < -0.4 is 10.1 Å². The van der Waals surface area contributed by atoms with Gasteiger partial charge in [-0.3, -0.25) is 4.79 Å². The van der Waals surface area contributed by atoms with Crippen LogP contribution in [0.5, 0.6) is 5.75 Å². The maximum absolute atomic E-state index is 12.8. The summed E-state index contributed by atoms with van der Waals surface area (Å²) in [7, 11) is 1.54. The van der Waals surface area contributed by atoms with Crippen LogP contribution >= 0.6 is 0 Å². The lowest BCUT2D eigenvalue weighted by atomic mass is 10.0. The summed E-state index contributed by atoms with van der Waals surface area (Å²) in [5.74, 6) is 0.277. The Morgan fingerprint density at radius 3 is 2.46 bits per heavy atom. The topological polar surface area (TPSA) is 47.6 Å². The molecule has 4 nitrogen and oxygen atoms in total. The molecule has 0 heterocycles. The molecule has 3 aromatic rings. The second kappa shape index (κ2) is 8.32. The molecular weight excluding hydrogens is 326 g/mol. The van der Waals surface area contributed by atoms with Crippen molar-refractivity contribution in [3.8, 4) is 16.9 Å². The first-order valence-electron chi connectivity index (χ1n) is 8.36. The van der Waals surface area contributed by atoms with Crippen LogP contribution in [0.1, 0.15) is 15.9 Å². The van der Waals surface area contributed by atoms with Crippen molar-refractivity contribution in [1.82, 2.24) is 0 Å². The molecular formula is C22H21NO3. The number of benzene rings is 3. The van der Waals surface area contributed by atoms with Crippen molar-refractivity contribution in [1.29, 1.82) is 0 Å². The number of aryl methyl sites for hydroxylation is 1. The van der Waals surface area contributed by atoms with E-state index < -0.39 is 0 Å². The lowest BCUT2D eigenvalue weighted by Gasteiger charge is -2.12. The van der Waals surface area contributed by atoms with Crippen molar-refractivity contribution in [3.05, 3.63) is 83.9 Å². The van der Waals surface area contributed by atoms with Gasteiger partial charge in [0.1, 0.15) is 5.75 Å². The summed E-state index contributed by atoms with van der Waals surface area (Å²) in [6.45, 7) is 2.03. The fourth-order valence-corrected chi connectivity index (χ4v) is 2.68. The molecule has 0 radical (unpaired) electrons. The molecule has 3 aromatic carbocycles. The second-order valence-corrected chi connectivity index (χ2v) is 5.95. The molecule has 0 aliphatic rings. The van der Waals surface area contributed by atoms with Gasteiger partial charge >= 0.3 is 0 Å². The molecule has 26 heavy (non-hydrogen) atoms. The SMILES string of the molecule is COCOc1ccc(C)cc1C(=O)Nc1cccc(-c2ccccc2)c1. The Morgan fingerprint density at radius 1 is 0.923 bits per heavy atom. The number of hydrogen-bond donors (Lipinski definition) is 1. The number of nitrogens with one attached hydrogen (secondary N) is 1. The van der Waals surface area contributed by atoms with E-state index in [4.69, 9.17) is 9.47 Å². The monoisotopic (exact) mass is 347 g/mol. The molecule has 0 aliphatic heterocycles. The first-order valence-corrected chi connectivity index (χ1v) is 8.36. The van der Waals surface area contributed by atoms with E-state index >= 15 is 0 Å². The van der Waals surface area contributed by atoms with Crippen LogP contribution in [0.15, 0.2) is 72.8 Å². The van der Waals surface area contributed by atoms with Crippen LogP contribution in [-0.4, -0.2) is 19.8 Å². The van der Waals surface area contributed by atoms with E-state index in [0.29, 0.717) is 11.3 Å². The van der Waals surface area contributed by atoms with Gasteiger partial charge in [-0.2, -0.15) is 0 Å². The van der Waals surface area contributed by atoms with Gasteiger partial charge in [-0.15, -0.1) is 0 Å². The standard InChI is InChI=1S/C22H21NO3/c1-16-11-12-21(26-15-25-2)20(13-16)22(24)23-19-10-6-9-18(14-19)17-7-4-3-5-8-17/h3-14H,15H2,1-2H3,(H,23,24). The van der Waals surface area contributed by atoms with Gasteiger partial charge in [0.25, 0.3) is 5.91 Å². The van der Waals surface area contributed by atoms with Gasteiger partial charge in [-0.1, -0.05) is 54.1 Å². The number of amides is 1. The summed E-state index contributed by atoms with van der Waals surface area (Å²) in [6.07, 6.45) is 0. The van der Waals surface area contributed by atoms with E-state index in [9.17, 15) is 4.79 Å². The van der Waals surface area contributed by atoms with Crippen LogP contribution in [0.3, 0.4) is 0 Å². The number of carbonyl (C=O) groups excluding carboxylic acids is 1. The zero-order valence-electron chi connectivity index (χ0n) is 14.9. The van der Waals surface area contributed by atoms with E-state index in [0.717, 1.165) is 22.4 Å². The third kappa shape index (κ3) is 4.29. The highest BCUT2D eigenvalue weighted by molar-refractivity contribution is 6.06. The smallest absolute Gasteiger partial charge is 0.259 e. The van der Waals surface area contributed by atoms with E-state index in [-0.39, 0.29) is 12.7 Å². The predicted molar refractivity (Wildman–Crippen MR) is 104 cm³/mol. The Kier molecular flexibility index (Phi) is 5.66. The Bertz CT molecular complexity index is 891. The highest BCUT2D eigenvalue weighted by atomic mass is 16.7. The van der Waals surface area contributed by atoms with Gasteiger partial charge in [0.15, 0.2) is 6.79 Å². The van der Waals surface area contributed by atoms with Gasteiger partial charge in [-0.05, 0) is 42.3 Å². The van der Waals surface area contributed by atoms with Crippen LogP contribution in [-0.2, 0) is 4.74 Å². The van der Waals surface area contributed by atoms with E-state index in [1.807, 2.05) is 67.6 Å². The van der Waals surface area contributed by atoms with Crippen molar-refractivity contribution in [2.75, 3.05) is 19.2 Å². The minimum absolute atomic E-state index is 0.0901. The number of rotatable bonds is 6. The molecule has 0 spiro atoms. The first kappa shape index (κ1) is 17.7. The Morgan fingerprint density at radius 2 is 1.69 bits per heavy atom. The molecule has 0 aromatic heterocycles. The van der Waals surface area contributed by atoms with Crippen molar-refractivity contribution < 1.29 is 14.3 Å². The van der Waals surface area contributed by atoms with Crippen molar-refractivity contribution in [2.24, 2.45) is 0 Å². The number of carbonyl (C=O) groups is 1. The molecule has 132 valence electrons. The molecule has 0 bridgehead atoms. The molecule has 1 amide bonds. The molecule has 0 saturated heterocycles. The van der Waals surface area contributed by atoms with Gasteiger partial charge < -0.3 is 14.8 Å². The number of anilines is 1. The summed E-state index contributed by atoms with van der Waals surface area (Å²) in [6, 6.07) is 23.3. The second-order valence-electron chi connectivity index (χ2n) is 5.95. The van der Waals surface area contributed by atoms with Gasteiger partial charge in [0, 0.05) is 12.8 Å². The minimum atomic E-state index is -0.218. The van der Waals surface area contributed by atoms with Crippen LogP contribution in [0, 0.1) is 6.92 Å². The van der Waals surface area contributed by atoms with Crippen LogP contribution in [0.25, 0.3) is 11.1 Å². The third-order valence-electron chi connectivity index (χ3n) is 3.94. The minimum Gasteiger partial charge on any atom is -0.467 e. The molecule has 4 heteroatoms. The molecule has 0 saturated carbocycles. The molecule has 3 rings (SSSR count). The van der Waals surface area contributed by atoms with Crippen LogP contribution in [0.4, 0.5) is 5.69 Å². The fourth-order valence-electron chi connectivity index (χ4n) is 2.68. The van der Waals surface area contributed by atoms with Crippen molar-refractivity contribution in [2.45, 2.75) is 6.92 Å². The summed E-state index contributed by atoms with van der Waals surface area (Å²) in [5.41, 5.74) is 4.34. The van der Waals surface area contributed by atoms with E-state index in [1.165, 1.54) is 0 Å². The molecule has 0 fully saturated rings. The Labute approximate surface area is 153 Å².